The summed E-state index contributed by atoms with van der Waals surface area (Å²) >= 11 is 1.60. The van der Waals surface area contributed by atoms with Crippen molar-refractivity contribution >= 4 is 17.1 Å². The highest BCUT2D eigenvalue weighted by atomic mass is 79.9. The Labute approximate surface area is 93.4 Å². The zero-order valence-corrected chi connectivity index (χ0v) is 10.5. The zero-order valence-electron chi connectivity index (χ0n) is 8.08. The van der Waals surface area contributed by atoms with Crippen molar-refractivity contribution in [1.29, 1.82) is 0 Å². The summed E-state index contributed by atoms with van der Waals surface area (Å²) in [6.45, 7) is 6.33. The van der Waals surface area contributed by atoms with Crippen LogP contribution in [0.2, 0.25) is 0 Å². The summed E-state index contributed by atoms with van der Waals surface area (Å²) in [5.74, 6) is 0.269. The van der Waals surface area contributed by atoms with Crippen molar-refractivity contribution in [3.63, 3.8) is 0 Å². The quantitative estimate of drug-likeness (QED) is 0.605. The summed E-state index contributed by atoms with van der Waals surface area (Å²) < 4.78 is 1.91. The average molecular weight is 264 g/mol. The first-order valence-corrected chi connectivity index (χ1v) is 4.89. The molecule has 0 atom stereocenters. The fraction of sp³-hybridized carbons (Fsp3) is 0.556. The van der Waals surface area contributed by atoms with Gasteiger partial charge in [-0.1, -0.05) is 32.1 Å². The third kappa shape index (κ3) is 4.00. The Morgan fingerprint density at radius 3 is 2.46 bits per heavy atom. The van der Waals surface area contributed by atoms with Gasteiger partial charge in [-0.2, -0.15) is 4.57 Å². The van der Waals surface area contributed by atoms with E-state index in [2.05, 4.69) is 0 Å². The van der Waals surface area contributed by atoms with Crippen LogP contribution < -0.4 is 21.5 Å². The van der Waals surface area contributed by atoms with E-state index < -0.39 is 0 Å². The lowest BCUT2D eigenvalue weighted by molar-refractivity contribution is -0.680. The van der Waals surface area contributed by atoms with Crippen LogP contribution in [0.1, 0.15) is 20.8 Å². The summed E-state index contributed by atoms with van der Waals surface area (Å²) in [7, 11) is 0. The molecule has 0 N–H and O–H groups in total. The fourth-order valence-electron chi connectivity index (χ4n) is 0.755. The third-order valence-corrected chi connectivity index (χ3v) is 2.36. The second kappa shape index (κ2) is 4.86. The maximum Gasteiger partial charge on any atom is 0.225 e. The van der Waals surface area contributed by atoms with Crippen molar-refractivity contribution < 1.29 is 26.3 Å². The van der Waals surface area contributed by atoms with Gasteiger partial charge in [0.1, 0.15) is 0 Å². The Balaban J connectivity index is 0.00000144. The molecule has 1 heterocycles. The minimum Gasteiger partial charge on any atom is -1.00 e. The molecular weight excluding hydrogens is 250 g/mol. The molecule has 0 amide bonds. The molecule has 74 valence electrons. The van der Waals surface area contributed by atoms with Crippen LogP contribution in [0, 0.1) is 5.41 Å². The molecule has 1 aromatic rings. The number of Topliss-reactive ketones (excluding diaryl/α,β-unsaturated/α-hetero) is 1. The second-order valence-electron chi connectivity index (χ2n) is 3.87. The smallest absolute Gasteiger partial charge is 0.225 e. The third-order valence-electron chi connectivity index (χ3n) is 1.69. The van der Waals surface area contributed by atoms with Crippen molar-refractivity contribution in [2.45, 2.75) is 27.3 Å². The summed E-state index contributed by atoms with van der Waals surface area (Å²) in [5, 5.41) is 1.97. The largest absolute Gasteiger partial charge is 1.00 e. The van der Waals surface area contributed by atoms with Gasteiger partial charge < -0.3 is 17.0 Å². The van der Waals surface area contributed by atoms with E-state index >= 15 is 0 Å². The van der Waals surface area contributed by atoms with Crippen molar-refractivity contribution in [3.8, 4) is 0 Å². The number of hydrogen-bond acceptors (Lipinski definition) is 2. The molecule has 4 heteroatoms. The molecule has 0 spiro atoms. The SMILES string of the molecule is CC(C)(C)C(=O)C[n+]1ccsc1.[Br-]. The first-order valence-electron chi connectivity index (χ1n) is 3.95. The number of ketones is 1. The molecule has 0 saturated carbocycles. The highest BCUT2D eigenvalue weighted by Gasteiger charge is 2.24. The molecule has 0 radical (unpaired) electrons. The minimum absolute atomic E-state index is 0. The average Bonchev–Trinajstić information content (AvgIpc) is 2.37. The first kappa shape index (κ1) is 12.8. The molecule has 0 aromatic carbocycles. The molecule has 1 aromatic heterocycles. The van der Waals surface area contributed by atoms with Crippen LogP contribution in [0.25, 0.3) is 0 Å². The van der Waals surface area contributed by atoms with Crippen LogP contribution in [0.4, 0.5) is 0 Å². The van der Waals surface area contributed by atoms with Crippen LogP contribution in [0.5, 0.6) is 0 Å². The predicted octanol–water partition coefficient (Wildman–Crippen LogP) is -1.35. The lowest BCUT2D eigenvalue weighted by Crippen LogP contribution is -3.00. The Morgan fingerprint density at radius 2 is 2.08 bits per heavy atom. The van der Waals surface area contributed by atoms with Crippen molar-refractivity contribution in [2.24, 2.45) is 5.41 Å². The molecule has 0 fully saturated rings. The molecule has 1 rings (SSSR count). The van der Waals surface area contributed by atoms with E-state index in [9.17, 15) is 4.79 Å². The number of carbonyl (C=O) groups excluding carboxylic acids is 1. The Hall–Kier alpha value is -0.220. The van der Waals surface area contributed by atoms with E-state index in [0.29, 0.717) is 6.54 Å². The molecule has 0 aliphatic rings. The lowest BCUT2D eigenvalue weighted by atomic mass is 9.91. The fourth-order valence-corrected chi connectivity index (χ4v) is 1.35. The predicted molar refractivity (Wildman–Crippen MR) is 49.0 cm³/mol. The first-order chi connectivity index (χ1) is 5.50. The summed E-state index contributed by atoms with van der Waals surface area (Å²) in [6.07, 6.45) is 1.92. The van der Waals surface area contributed by atoms with Gasteiger partial charge in [0, 0.05) is 5.41 Å². The van der Waals surface area contributed by atoms with E-state index in [1.54, 1.807) is 11.3 Å². The van der Waals surface area contributed by atoms with Crippen molar-refractivity contribution in [3.05, 3.63) is 17.1 Å². The standard InChI is InChI=1S/C9H14NOS.BrH/c1-9(2,3)8(11)6-10-4-5-12-7-10;/h4-5,7H,6H2,1-3H3;1H/q+1;/p-1. The van der Waals surface area contributed by atoms with Gasteiger partial charge in [0.15, 0.2) is 6.20 Å². The van der Waals surface area contributed by atoms with Gasteiger partial charge in [-0.3, -0.25) is 4.79 Å². The molecular formula is C9H14BrNOS. The molecule has 0 aliphatic carbocycles. The van der Waals surface area contributed by atoms with Crippen LogP contribution in [0.15, 0.2) is 17.1 Å². The van der Waals surface area contributed by atoms with E-state index in [0.717, 1.165) is 0 Å². The van der Waals surface area contributed by atoms with E-state index in [1.165, 1.54) is 0 Å². The van der Waals surface area contributed by atoms with Crippen LogP contribution in [-0.4, -0.2) is 5.78 Å². The Kier molecular flexibility index (Phi) is 4.78. The molecule has 0 unspecified atom stereocenters. The summed E-state index contributed by atoms with van der Waals surface area (Å²) in [5.41, 5.74) is 1.72. The number of nitrogens with zero attached hydrogens (tertiary/aromatic N) is 1. The number of thiazole rings is 1. The number of carbonyl (C=O) groups is 1. The Morgan fingerprint density at radius 1 is 1.46 bits per heavy atom. The maximum absolute atomic E-state index is 11.5. The lowest BCUT2D eigenvalue weighted by Gasteiger charge is -2.12. The second-order valence-corrected chi connectivity index (χ2v) is 4.63. The number of halogens is 1. The summed E-state index contributed by atoms with van der Waals surface area (Å²) in [4.78, 5) is 11.5. The van der Waals surface area contributed by atoms with E-state index in [4.69, 9.17) is 0 Å². The van der Waals surface area contributed by atoms with Crippen LogP contribution in [0.3, 0.4) is 0 Å². The van der Waals surface area contributed by atoms with Gasteiger partial charge in [-0.05, 0) is 0 Å². The van der Waals surface area contributed by atoms with E-state index in [1.807, 2.05) is 42.4 Å². The number of aromatic nitrogens is 1. The highest BCUT2D eigenvalue weighted by molar-refractivity contribution is 7.07. The molecule has 0 saturated heterocycles. The topological polar surface area (TPSA) is 20.9 Å². The van der Waals surface area contributed by atoms with Gasteiger partial charge >= 0.3 is 0 Å². The van der Waals surface area contributed by atoms with E-state index in [-0.39, 0.29) is 28.2 Å². The Bertz CT molecular complexity index is 264. The maximum atomic E-state index is 11.5. The summed E-state index contributed by atoms with van der Waals surface area (Å²) in [6, 6.07) is 0. The van der Waals surface area contributed by atoms with Crippen LogP contribution >= 0.6 is 11.3 Å². The van der Waals surface area contributed by atoms with Crippen molar-refractivity contribution in [1.82, 2.24) is 0 Å². The van der Waals surface area contributed by atoms with Gasteiger partial charge in [0.25, 0.3) is 0 Å². The van der Waals surface area contributed by atoms with Gasteiger partial charge in [-0.15, -0.1) is 0 Å². The highest BCUT2D eigenvalue weighted by Crippen LogP contribution is 2.14. The normalized spacial score (nSPS) is 10.7. The van der Waals surface area contributed by atoms with Gasteiger partial charge in [0.2, 0.25) is 17.8 Å². The van der Waals surface area contributed by atoms with Crippen LogP contribution in [-0.2, 0) is 11.3 Å². The molecule has 13 heavy (non-hydrogen) atoms. The molecule has 0 aliphatic heterocycles. The van der Waals surface area contributed by atoms with Crippen molar-refractivity contribution in [2.75, 3.05) is 0 Å². The minimum atomic E-state index is -0.227. The van der Waals surface area contributed by atoms with Gasteiger partial charge in [-0.25, -0.2) is 0 Å². The molecule has 2 nitrogen and oxygen atoms in total. The zero-order chi connectivity index (χ0) is 9.19. The number of hydrogen-bond donors (Lipinski definition) is 0. The monoisotopic (exact) mass is 263 g/mol. The van der Waals surface area contributed by atoms with Gasteiger partial charge in [0.05, 0.1) is 5.38 Å². The molecule has 0 bridgehead atoms. The number of rotatable bonds is 2.